The van der Waals surface area contributed by atoms with Crippen molar-refractivity contribution in [2.45, 2.75) is 26.7 Å². The summed E-state index contributed by atoms with van der Waals surface area (Å²) in [5, 5.41) is 0.153. The van der Waals surface area contributed by atoms with E-state index in [0.717, 1.165) is 6.42 Å². The van der Waals surface area contributed by atoms with Gasteiger partial charge in [0.25, 0.3) is 0 Å². The normalized spacial score (nSPS) is 10.9. The number of esters is 2. The van der Waals surface area contributed by atoms with Crippen molar-refractivity contribution < 1.29 is 28.2 Å². The number of fused-ring (bicyclic) bond motifs is 1. The van der Waals surface area contributed by atoms with E-state index in [1.165, 1.54) is 19.1 Å². The molecule has 7 nitrogen and oxygen atoms in total. The van der Waals surface area contributed by atoms with Crippen LogP contribution < -0.4 is 19.8 Å². The first-order valence-corrected chi connectivity index (χ1v) is 9.84. The lowest BCUT2D eigenvalue weighted by Gasteiger charge is -2.14. The Morgan fingerprint density at radius 2 is 1.74 bits per heavy atom. The van der Waals surface area contributed by atoms with Gasteiger partial charge in [-0.3, -0.25) is 4.79 Å². The monoisotopic (exact) mass is 422 g/mol. The summed E-state index contributed by atoms with van der Waals surface area (Å²) in [4.78, 5) is 36.9. The number of ether oxygens (including phenoxy) is 3. The molecule has 0 amide bonds. The van der Waals surface area contributed by atoms with Crippen molar-refractivity contribution in [3.8, 4) is 17.2 Å². The molecule has 0 fully saturated rings. The number of carbonyl (C=O) groups is 2. The Morgan fingerprint density at radius 1 is 0.968 bits per heavy atom. The van der Waals surface area contributed by atoms with E-state index in [1.807, 2.05) is 19.1 Å². The highest BCUT2D eigenvalue weighted by atomic mass is 16.6. The fraction of sp³-hybridized carbons (Fsp3) is 0.208. The Morgan fingerprint density at radius 3 is 2.45 bits per heavy atom. The Balaban J connectivity index is 2.11. The number of allylic oxidation sites excluding steroid dienone is 1. The van der Waals surface area contributed by atoms with Crippen molar-refractivity contribution >= 4 is 22.9 Å². The molecule has 7 heteroatoms. The SMILES string of the molecule is CCC=CCCOc1c(OC(=O)c2ccccc2)c2c(OC(C)=O)cccc2oc1=O. The van der Waals surface area contributed by atoms with Gasteiger partial charge in [0.05, 0.1) is 12.2 Å². The third-order valence-corrected chi connectivity index (χ3v) is 4.20. The van der Waals surface area contributed by atoms with E-state index in [4.69, 9.17) is 18.6 Å². The minimum absolute atomic E-state index is 0.0836. The van der Waals surface area contributed by atoms with E-state index in [2.05, 4.69) is 0 Å². The summed E-state index contributed by atoms with van der Waals surface area (Å²) in [5.41, 5.74) is -0.425. The molecule has 0 N–H and O–H groups in total. The maximum atomic E-state index is 12.7. The van der Waals surface area contributed by atoms with Gasteiger partial charge in [-0.2, -0.15) is 0 Å². The summed E-state index contributed by atoms with van der Waals surface area (Å²) in [6.07, 6.45) is 5.32. The van der Waals surface area contributed by atoms with Gasteiger partial charge in [-0.1, -0.05) is 43.3 Å². The highest BCUT2D eigenvalue weighted by molar-refractivity contribution is 5.98. The second-order valence-corrected chi connectivity index (χ2v) is 6.54. The summed E-state index contributed by atoms with van der Waals surface area (Å²) in [5.74, 6) is -1.61. The van der Waals surface area contributed by atoms with Crippen LogP contribution in [0.5, 0.6) is 17.2 Å². The highest BCUT2D eigenvalue weighted by Gasteiger charge is 2.24. The molecule has 31 heavy (non-hydrogen) atoms. The molecule has 0 atom stereocenters. The summed E-state index contributed by atoms with van der Waals surface area (Å²) < 4.78 is 21.8. The highest BCUT2D eigenvalue weighted by Crippen LogP contribution is 2.39. The molecule has 0 radical (unpaired) electrons. The minimum Gasteiger partial charge on any atom is -0.484 e. The molecule has 3 aromatic rings. The first kappa shape index (κ1) is 21.8. The standard InChI is InChI=1S/C24H22O7/c1-3-4-5-9-15-28-22-21(31-23(26)17-11-7-6-8-12-17)20-18(29-16(2)25)13-10-14-19(20)30-24(22)27/h4-8,10-14H,3,9,15H2,1-2H3. The predicted octanol–water partition coefficient (Wildman–Crippen LogP) is 4.67. The molecule has 0 aliphatic rings. The predicted molar refractivity (Wildman–Crippen MR) is 115 cm³/mol. The number of carbonyl (C=O) groups excluding carboxylic acids is 2. The van der Waals surface area contributed by atoms with E-state index < -0.39 is 17.6 Å². The maximum Gasteiger partial charge on any atom is 0.383 e. The second-order valence-electron chi connectivity index (χ2n) is 6.54. The maximum absolute atomic E-state index is 12.7. The molecular weight excluding hydrogens is 400 g/mol. The van der Waals surface area contributed by atoms with Crippen LogP contribution in [-0.2, 0) is 4.79 Å². The van der Waals surface area contributed by atoms with Crippen LogP contribution in [0.25, 0.3) is 11.0 Å². The van der Waals surface area contributed by atoms with Gasteiger partial charge in [-0.05, 0) is 37.1 Å². The zero-order valence-electron chi connectivity index (χ0n) is 17.3. The minimum atomic E-state index is -0.803. The summed E-state index contributed by atoms with van der Waals surface area (Å²) in [6.45, 7) is 3.41. The topological polar surface area (TPSA) is 92.0 Å². The molecule has 0 unspecified atom stereocenters. The van der Waals surface area contributed by atoms with Gasteiger partial charge in [0.2, 0.25) is 5.75 Å². The van der Waals surface area contributed by atoms with Crippen LogP contribution in [0.4, 0.5) is 0 Å². The van der Waals surface area contributed by atoms with Crippen molar-refractivity contribution in [2.24, 2.45) is 0 Å². The second kappa shape index (κ2) is 10.2. The van der Waals surface area contributed by atoms with Crippen molar-refractivity contribution in [1.82, 2.24) is 0 Å². The third kappa shape index (κ3) is 5.39. The molecule has 0 spiro atoms. The number of hydrogen-bond acceptors (Lipinski definition) is 7. The van der Waals surface area contributed by atoms with Crippen LogP contribution >= 0.6 is 0 Å². The van der Waals surface area contributed by atoms with Crippen LogP contribution in [0, 0.1) is 0 Å². The lowest BCUT2D eigenvalue weighted by atomic mass is 10.2. The van der Waals surface area contributed by atoms with E-state index in [9.17, 15) is 14.4 Å². The number of benzene rings is 2. The third-order valence-electron chi connectivity index (χ3n) is 4.20. The van der Waals surface area contributed by atoms with Crippen molar-refractivity contribution in [3.63, 3.8) is 0 Å². The first-order valence-electron chi connectivity index (χ1n) is 9.84. The molecule has 0 aliphatic carbocycles. The Hall–Kier alpha value is -3.87. The van der Waals surface area contributed by atoms with Crippen LogP contribution in [0.2, 0.25) is 0 Å². The van der Waals surface area contributed by atoms with E-state index >= 15 is 0 Å². The zero-order chi connectivity index (χ0) is 22.2. The molecule has 0 saturated carbocycles. The van der Waals surface area contributed by atoms with Gasteiger partial charge in [0.1, 0.15) is 16.7 Å². The van der Waals surface area contributed by atoms with Crippen LogP contribution in [0.3, 0.4) is 0 Å². The van der Waals surface area contributed by atoms with Crippen molar-refractivity contribution in [3.05, 3.63) is 76.7 Å². The van der Waals surface area contributed by atoms with Crippen LogP contribution in [0.1, 0.15) is 37.0 Å². The molecule has 3 rings (SSSR count). The number of rotatable bonds is 8. The van der Waals surface area contributed by atoms with Gasteiger partial charge in [-0.15, -0.1) is 0 Å². The Labute approximate surface area is 178 Å². The van der Waals surface area contributed by atoms with Gasteiger partial charge in [-0.25, -0.2) is 9.59 Å². The van der Waals surface area contributed by atoms with Crippen molar-refractivity contribution in [1.29, 1.82) is 0 Å². The molecule has 1 heterocycles. The van der Waals surface area contributed by atoms with Gasteiger partial charge >= 0.3 is 17.6 Å². The molecule has 2 aromatic carbocycles. The quantitative estimate of drug-likeness (QED) is 0.171. The fourth-order valence-electron chi connectivity index (χ4n) is 2.87. The van der Waals surface area contributed by atoms with Gasteiger partial charge in [0, 0.05) is 6.92 Å². The fourth-order valence-corrected chi connectivity index (χ4v) is 2.87. The zero-order valence-corrected chi connectivity index (χ0v) is 17.3. The lowest BCUT2D eigenvalue weighted by molar-refractivity contribution is -0.131. The largest absolute Gasteiger partial charge is 0.484 e. The average Bonchev–Trinajstić information content (AvgIpc) is 2.75. The molecule has 0 saturated heterocycles. The summed E-state index contributed by atoms with van der Waals surface area (Å²) >= 11 is 0. The van der Waals surface area contributed by atoms with Crippen LogP contribution in [-0.4, -0.2) is 18.5 Å². The molecule has 1 aromatic heterocycles. The van der Waals surface area contributed by atoms with E-state index in [-0.39, 0.29) is 40.4 Å². The molecular formula is C24H22O7. The smallest absolute Gasteiger partial charge is 0.383 e. The molecule has 0 bridgehead atoms. The average molecular weight is 422 g/mol. The van der Waals surface area contributed by atoms with Crippen molar-refractivity contribution in [2.75, 3.05) is 6.61 Å². The molecule has 0 aliphatic heterocycles. The van der Waals surface area contributed by atoms with Crippen LogP contribution in [0.15, 0.2) is 69.9 Å². The number of hydrogen-bond donors (Lipinski definition) is 0. The lowest BCUT2D eigenvalue weighted by Crippen LogP contribution is -2.15. The van der Waals surface area contributed by atoms with Gasteiger partial charge < -0.3 is 18.6 Å². The summed E-state index contributed by atoms with van der Waals surface area (Å²) in [7, 11) is 0. The van der Waals surface area contributed by atoms with Gasteiger partial charge in [0.15, 0.2) is 5.75 Å². The van der Waals surface area contributed by atoms with E-state index in [1.54, 1.807) is 36.4 Å². The Bertz CT molecular complexity index is 1160. The van der Waals surface area contributed by atoms with E-state index in [0.29, 0.717) is 6.42 Å². The summed E-state index contributed by atoms with van der Waals surface area (Å²) in [6, 6.07) is 12.9. The first-order chi connectivity index (χ1) is 15.0. The molecule has 160 valence electrons. The Kier molecular flexibility index (Phi) is 7.22.